The largest absolute Gasteiger partial charge is 0.494 e. The molecule has 2 aromatic carbocycles. The molecule has 0 saturated carbocycles. The summed E-state index contributed by atoms with van der Waals surface area (Å²) in [5, 5.41) is 0. The van der Waals surface area contributed by atoms with Crippen LogP contribution >= 0.6 is 0 Å². The van der Waals surface area contributed by atoms with E-state index >= 15 is 0 Å². The highest BCUT2D eigenvalue weighted by atomic mass is 32.2. The van der Waals surface area contributed by atoms with Crippen LogP contribution < -0.4 is 13.8 Å². The number of aryl methyl sites for hydroxylation is 1. The molecule has 152 valence electrons. The SMILES string of the molecule is CCS(=O)(=O)N1CCCc2ccc(NS(=O)(=O)c3ccc(OC)c(F)c3)cc21. The predicted octanol–water partition coefficient (Wildman–Crippen LogP) is 2.74. The first-order chi connectivity index (χ1) is 13.2. The van der Waals surface area contributed by atoms with E-state index in [-0.39, 0.29) is 22.1 Å². The number of halogens is 1. The topological polar surface area (TPSA) is 92.8 Å². The number of hydrogen-bond acceptors (Lipinski definition) is 5. The van der Waals surface area contributed by atoms with Crippen LogP contribution in [0.2, 0.25) is 0 Å². The van der Waals surface area contributed by atoms with Gasteiger partial charge in [0.05, 0.1) is 29.1 Å². The molecule has 1 aliphatic rings. The number of hydrogen-bond donors (Lipinski definition) is 1. The minimum atomic E-state index is -4.06. The van der Waals surface area contributed by atoms with Gasteiger partial charge in [0.2, 0.25) is 10.0 Å². The van der Waals surface area contributed by atoms with Gasteiger partial charge in [-0.15, -0.1) is 0 Å². The second-order valence-electron chi connectivity index (χ2n) is 6.32. The standard InChI is InChI=1S/C18H21FN2O5S2/c1-3-27(22,23)21-10-4-5-13-6-7-14(11-17(13)21)20-28(24,25)15-8-9-18(26-2)16(19)12-15/h6-9,11-12,20H,3-5,10H2,1-2H3. The summed E-state index contributed by atoms with van der Waals surface area (Å²) in [6, 6.07) is 8.10. The Labute approximate surface area is 164 Å². The first-order valence-corrected chi connectivity index (χ1v) is 11.8. The van der Waals surface area contributed by atoms with Crippen LogP contribution in [0.4, 0.5) is 15.8 Å². The zero-order chi connectivity index (χ0) is 20.5. The van der Waals surface area contributed by atoms with Gasteiger partial charge in [0.15, 0.2) is 11.6 Å². The van der Waals surface area contributed by atoms with Gasteiger partial charge in [0.1, 0.15) is 0 Å². The Bertz CT molecular complexity index is 1100. The molecule has 0 radical (unpaired) electrons. The van der Waals surface area contributed by atoms with Crippen molar-refractivity contribution in [2.75, 3.05) is 28.4 Å². The van der Waals surface area contributed by atoms with Crippen molar-refractivity contribution in [3.8, 4) is 5.75 Å². The van der Waals surface area contributed by atoms with Gasteiger partial charge in [-0.1, -0.05) is 6.07 Å². The average Bonchev–Trinajstić information content (AvgIpc) is 2.67. The lowest BCUT2D eigenvalue weighted by atomic mass is 10.0. The summed E-state index contributed by atoms with van der Waals surface area (Å²) in [7, 11) is -6.24. The van der Waals surface area contributed by atoms with Gasteiger partial charge >= 0.3 is 0 Å². The molecule has 0 saturated heterocycles. The van der Waals surface area contributed by atoms with Crippen molar-refractivity contribution in [2.24, 2.45) is 0 Å². The Morgan fingerprint density at radius 2 is 1.89 bits per heavy atom. The molecule has 0 fully saturated rings. The summed E-state index contributed by atoms with van der Waals surface area (Å²) in [5.74, 6) is -0.905. The van der Waals surface area contributed by atoms with Crippen molar-refractivity contribution in [1.82, 2.24) is 0 Å². The number of ether oxygens (including phenoxy) is 1. The first kappa shape index (κ1) is 20.4. The van der Waals surface area contributed by atoms with Crippen molar-refractivity contribution in [1.29, 1.82) is 0 Å². The van der Waals surface area contributed by atoms with Crippen LogP contribution in [0.1, 0.15) is 18.9 Å². The molecule has 0 aliphatic carbocycles. The molecule has 28 heavy (non-hydrogen) atoms. The molecule has 0 bridgehead atoms. The summed E-state index contributed by atoms with van der Waals surface area (Å²) in [6.07, 6.45) is 1.41. The third-order valence-corrected chi connectivity index (χ3v) is 7.71. The predicted molar refractivity (Wildman–Crippen MR) is 105 cm³/mol. The van der Waals surface area contributed by atoms with Gasteiger partial charge in [-0.25, -0.2) is 21.2 Å². The summed E-state index contributed by atoms with van der Waals surface area (Å²) in [4.78, 5) is -0.262. The molecule has 0 amide bonds. The fourth-order valence-corrected chi connectivity index (χ4v) is 5.33. The Morgan fingerprint density at radius 1 is 1.14 bits per heavy atom. The minimum absolute atomic E-state index is 0.0481. The van der Waals surface area contributed by atoms with E-state index in [9.17, 15) is 21.2 Å². The van der Waals surface area contributed by atoms with Crippen molar-refractivity contribution in [2.45, 2.75) is 24.7 Å². The summed E-state index contributed by atoms with van der Waals surface area (Å²) >= 11 is 0. The van der Waals surface area contributed by atoms with Crippen molar-refractivity contribution < 1.29 is 26.0 Å². The van der Waals surface area contributed by atoms with E-state index in [0.717, 1.165) is 11.6 Å². The Morgan fingerprint density at radius 3 is 2.54 bits per heavy atom. The number of nitrogens with one attached hydrogen (secondary N) is 1. The second kappa shape index (κ2) is 7.59. The highest BCUT2D eigenvalue weighted by Gasteiger charge is 2.27. The van der Waals surface area contributed by atoms with E-state index < -0.39 is 25.9 Å². The Balaban J connectivity index is 1.95. The zero-order valence-electron chi connectivity index (χ0n) is 15.5. The molecule has 10 heteroatoms. The monoisotopic (exact) mass is 428 g/mol. The number of benzene rings is 2. The lowest BCUT2D eigenvalue weighted by molar-refractivity contribution is 0.385. The molecule has 0 unspecified atom stereocenters. The number of methoxy groups -OCH3 is 1. The van der Waals surface area contributed by atoms with Crippen LogP contribution in [-0.4, -0.2) is 36.2 Å². The maximum atomic E-state index is 13.9. The van der Waals surface area contributed by atoms with Crippen molar-refractivity contribution in [3.63, 3.8) is 0 Å². The molecule has 3 rings (SSSR count). The van der Waals surface area contributed by atoms with E-state index in [0.29, 0.717) is 25.1 Å². The van der Waals surface area contributed by atoms with E-state index in [2.05, 4.69) is 4.72 Å². The lowest BCUT2D eigenvalue weighted by Gasteiger charge is -2.30. The quantitative estimate of drug-likeness (QED) is 0.764. The minimum Gasteiger partial charge on any atom is -0.494 e. The number of anilines is 2. The van der Waals surface area contributed by atoms with Crippen LogP contribution in [0.5, 0.6) is 5.75 Å². The van der Waals surface area contributed by atoms with E-state index in [4.69, 9.17) is 4.74 Å². The highest BCUT2D eigenvalue weighted by Crippen LogP contribution is 2.33. The molecule has 2 aromatic rings. The summed E-state index contributed by atoms with van der Waals surface area (Å²) in [5.41, 5.74) is 1.50. The van der Waals surface area contributed by atoms with E-state index in [1.165, 1.54) is 29.6 Å². The number of fused-ring (bicyclic) bond motifs is 1. The lowest BCUT2D eigenvalue weighted by Crippen LogP contribution is -2.36. The normalized spacial score (nSPS) is 14.5. The summed E-state index contributed by atoms with van der Waals surface area (Å²) < 4.78 is 72.3. The maximum absolute atomic E-state index is 13.9. The molecule has 7 nitrogen and oxygen atoms in total. The molecule has 0 atom stereocenters. The third-order valence-electron chi connectivity index (χ3n) is 4.55. The van der Waals surface area contributed by atoms with Crippen LogP contribution in [0.25, 0.3) is 0 Å². The number of nitrogens with zero attached hydrogens (tertiary/aromatic N) is 1. The van der Waals surface area contributed by atoms with Gasteiger partial charge < -0.3 is 4.74 Å². The molecule has 0 spiro atoms. The molecule has 1 heterocycles. The third kappa shape index (κ3) is 3.93. The molecular formula is C18H21FN2O5S2. The Hall–Kier alpha value is -2.33. The molecule has 0 aromatic heterocycles. The fourth-order valence-electron chi connectivity index (χ4n) is 3.08. The molecular weight excluding hydrogens is 407 g/mol. The summed E-state index contributed by atoms with van der Waals surface area (Å²) in [6.45, 7) is 1.91. The van der Waals surface area contributed by atoms with Crippen molar-refractivity contribution >= 4 is 31.4 Å². The molecule has 1 N–H and O–H groups in total. The fraction of sp³-hybridized carbons (Fsp3) is 0.333. The van der Waals surface area contributed by atoms with Crippen LogP contribution in [0, 0.1) is 5.82 Å². The van der Waals surface area contributed by atoms with Crippen LogP contribution in [0.15, 0.2) is 41.3 Å². The molecule has 1 aliphatic heterocycles. The van der Waals surface area contributed by atoms with Gasteiger partial charge in [0.25, 0.3) is 10.0 Å². The van der Waals surface area contributed by atoms with Crippen molar-refractivity contribution in [3.05, 3.63) is 47.8 Å². The van der Waals surface area contributed by atoms with Crippen LogP contribution in [-0.2, 0) is 26.5 Å². The maximum Gasteiger partial charge on any atom is 0.262 e. The van der Waals surface area contributed by atoms with Gasteiger partial charge in [-0.3, -0.25) is 9.03 Å². The van der Waals surface area contributed by atoms with Crippen LogP contribution in [0.3, 0.4) is 0 Å². The van der Waals surface area contributed by atoms with E-state index in [1.807, 2.05) is 0 Å². The van der Waals surface area contributed by atoms with Gasteiger partial charge in [0, 0.05) is 6.54 Å². The van der Waals surface area contributed by atoms with Gasteiger partial charge in [-0.05, 0) is 55.7 Å². The number of sulfonamides is 2. The average molecular weight is 429 g/mol. The smallest absolute Gasteiger partial charge is 0.262 e. The Kier molecular flexibility index (Phi) is 5.53. The number of rotatable bonds is 6. The van der Waals surface area contributed by atoms with Gasteiger partial charge in [-0.2, -0.15) is 0 Å². The highest BCUT2D eigenvalue weighted by molar-refractivity contribution is 7.93. The van der Waals surface area contributed by atoms with E-state index in [1.54, 1.807) is 19.1 Å². The second-order valence-corrected chi connectivity index (χ2v) is 10.2. The zero-order valence-corrected chi connectivity index (χ0v) is 17.1. The first-order valence-electron chi connectivity index (χ1n) is 8.67.